The maximum Gasteiger partial charge on any atom is 0.253 e. The van der Waals surface area contributed by atoms with Gasteiger partial charge in [0.1, 0.15) is 0 Å². The van der Waals surface area contributed by atoms with Gasteiger partial charge in [-0.1, -0.05) is 11.6 Å². The van der Waals surface area contributed by atoms with Crippen molar-refractivity contribution in [2.45, 2.75) is 32.7 Å². The lowest BCUT2D eigenvalue weighted by atomic mass is 10.0. The normalized spacial score (nSPS) is 18.0. The van der Waals surface area contributed by atoms with Gasteiger partial charge in [-0.2, -0.15) is 5.10 Å². The molecule has 1 aliphatic rings. The van der Waals surface area contributed by atoms with Crippen molar-refractivity contribution < 1.29 is 4.79 Å². The van der Waals surface area contributed by atoms with Gasteiger partial charge in [0.15, 0.2) is 0 Å². The third-order valence-corrected chi connectivity index (χ3v) is 5.23. The van der Waals surface area contributed by atoms with E-state index >= 15 is 0 Å². The topological polar surface area (TPSA) is 50.2 Å². The molecule has 6 heteroatoms. The molecule has 1 saturated heterocycles. The summed E-state index contributed by atoms with van der Waals surface area (Å²) < 4.78 is 1.81. The first-order valence-electron chi connectivity index (χ1n) is 8.30. The molecule has 0 spiro atoms. The number of amides is 1. The van der Waals surface area contributed by atoms with E-state index in [1.807, 2.05) is 54.7 Å². The first-order valence-corrected chi connectivity index (χ1v) is 8.67. The van der Waals surface area contributed by atoms with Crippen LogP contribution in [-0.2, 0) is 0 Å². The number of likely N-dealkylation sites (N-methyl/N-ethyl adjacent to an activating group) is 1. The lowest BCUT2D eigenvalue weighted by molar-refractivity contribution is 0.0698. The molecule has 1 amide bonds. The van der Waals surface area contributed by atoms with Crippen LogP contribution in [0.15, 0.2) is 24.3 Å². The molecule has 3 rings (SSSR count). The van der Waals surface area contributed by atoms with Crippen LogP contribution in [0.25, 0.3) is 5.69 Å². The summed E-state index contributed by atoms with van der Waals surface area (Å²) >= 11 is 6.21. The summed E-state index contributed by atoms with van der Waals surface area (Å²) in [7, 11) is 1.95. The predicted molar refractivity (Wildman–Crippen MR) is 96.0 cm³/mol. The Kier molecular flexibility index (Phi) is 4.92. The number of nitrogens with zero attached hydrogens (tertiary/aromatic N) is 3. The Morgan fingerprint density at radius 3 is 2.58 bits per heavy atom. The molecule has 1 N–H and O–H groups in total. The van der Waals surface area contributed by atoms with Crippen molar-refractivity contribution in [1.82, 2.24) is 20.0 Å². The molecule has 1 aromatic carbocycles. The minimum Gasteiger partial charge on any atom is -0.337 e. The second-order valence-corrected chi connectivity index (χ2v) is 6.70. The van der Waals surface area contributed by atoms with Gasteiger partial charge < -0.3 is 10.2 Å². The van der Waals surface area contributed by atoms with Gasteiger partial charge in [-0.3, -0.25) is 4.79 Å². The number of aryl methyl sites for hydroxylation is 1. The molecule has 1 fully saturated rings. The molecule has 1 aromatic heterocycles. The van der Waals surface area contributed by atoms with Crippen LogP contribution in [0.5, 0.6) is 0 Å². The third kappa shape index (κ3) is 3.19. The third-order valence-electron chi connectivity index (χ3n) is 4.68. The molecule has 0 radical (unpaired) electrons. The summed E-state index contributed by atoms with van der Waals surface area (Å²) in [6, 6.07) is 7.96. The van der Waals surface area contributed by atoms with E-state index in [1.165, 1.54) is 0 Å². The number of carbonyl (C=O) groups is 1. The number of halogens is 1. The van der Waals surface area contributed by atoms with Gasteiger partial charge in [-0.15, -0.1) is 0 Å². The number of likely N-dealkylation sites (tertiary alicyclic amines) is 1. The lowest BCUT2D eigenvalue weighted by Gasteiger charge is -2.32. The Balaban J connectivity index is 1.79. The molecule has 2 aromatic rings. The molecule has 1 unspecified atom stereocenters. The van der Waals surface area contributed by atoms with Crippen LogP contribution >= 0.6 is 11.6 Å². The van der Waals surface area contributed by atoms with Gasteiger partial charge in [0.25, 0.3) is 5.91 Å². The fourth-order valence-electron chi connectivity index (χ4n) is 3.20. The van der Waals surface area contributed by atoms with E-state index in [0.717, 1.165) is 43.0 Å². The highest BCUT2D eigenvalue weighted by Crippen LogP contribution is 2.23. The zero-order valence-electron chi connectivity index (χ0n) is 14.3. The number of carbonyl (C=O) groups excluding carboxylic acids is 1. The minimum absolute atomic E-state index is 0.0906. The van der Waals surface area contributed by atoms with Crippen LogP contribution in [0.3, 0.4) is 0 Å². The second-order valence-electron chi connectivity index (χ2n) is 6.32. The number of nitrogens with one attached hydrogen (secondary N) is 1. The van der Waals surface area contributed by atoms with Crippen LogP contribution in [0.2, 0.25) is 5.02 Å². The second kappa shape index (κ2) is 6.95. The molecule has 1 aliphatic heterocycles. The summed E-state index contributed by atoms with van der Waals surface area (Å²) in [5.41, 5.74) is 3.33. The summed E-state index contributed by atoms with van der Waals surface area (Å²) in [4.78, 5) is 14.6. The van der Waals surface area contributed by atoms with E-state index in [-0.39, 0.29) is 5.91 Å². The van der Waals surface area contributed by atoms with Crippen LogP contribution in [0.4, 0.5) is 0 Å². The van der Waals surface area contributed by atoms with Crippen molar-refractivity contribution in [3.63, 3.8) is 0 Å². The molecule has 0 aliphatic carbocycles. The van der Waals surface area contributed by atoms with E-state index in [1.54, 1.807) is 0 Å². The Labute approximate surface area is 147 Å². The first-order chi connectivity index (χ1) is 11.5. The van der Waals surface area contributed by atoms with E-state index in [2.05, 4.69) is 10.4 Å². The van der Waals surface area contributed by atoms with Crippen molar-refractivity contribution >= 4 is 17.5 Å². The largest absolute Gasteiger partial charge is 0.337 e. The maximum absolute atomic E-state index is 12.7. The molecular weight excluding hydrogens is 324 g/mol. The number of hydrogen-bond donors (Lipinski definition) is 1. The van der Waals surface area contributed by atoms with Gasteiger partial charge >= 0.3 is 0 Å². The van der Waals surface area contributed by atoms with Crippen LogP contribution < -0.4 is 5.32 Å². The van der Waals surface area contributed by atoms with Crippen LogP contribution in [-0.4, -0.2) is 46.8 Å². The smallest absolute Gasteiger partial charge is 0.253 e. The van der Waals surface area contributed by atoms with Crippen molar-refractivity contribution in [3.8, 4) is 5.69 Å². The number of piperidine rings is 1. The van der Waals surface area contributed by atoms with Crippen molar-refractivity contribution in [2.75, 3.05) is 20.1 Å². The number of benzene rings is 1. The molecule has 24 heavy (non-hydrogen) atoms. The first kappa shape index (κ1) is 17.0. The van der Waals surface area contributed by atoms with E-state index in [9.17, 15) is 4.79 Å². The van der Waals surface area contributed by atoms with Gasteiger partial charge in [-0.05, 0) is 58.0 Å². The lowest BCUT2D eigenvalue weighted by Crippen LogP contribution is -2.46. The van der Waals surface area contributed by atoms with E-state index in [4.69, 9.17) is 11.6 Å². The molecule has 0 saturated carbocycles. The zero-order chi connectivity index (χ0) is 17.3. The Hall–Kier alpha value is -1.85. The fraction of sp³-hybridized carbons (Fsp3) is 0.444. The van der Waals surface area contributed by atoms with Crippen LogP contribution in [0.1, 0.15) is 34.6 Å². The molecule has 128 valence electrons. The molecule has 0 bridgehead atoms. The van der Waals surface area contributed by atoms with Crippen molar-refractivity contribution in [2.24, 2.45) is 0 Å². The average molecular weight is 347 g/mol. The SMILES string of the molecule is CNC1CCCN(C(=O)c2ccc(-n3nc(C)c(Cl)c3C)cc2)C1. The predicted octanol–water partition coefficient (Wildman–Crippen LogP) is 2.97. The van der Waals surface area contributed by atoms with E-state index < -0.39 is 0 Å². The molecule has 2 heterocycles. The highest BCUT2D eigenvalue weighted by Gasteiger charge is 2.23. The summed E-state index contributed by atoms with van der Waals surface area (Å²) in [5.74, 6) is 0.0906. The van der Waals surface area contributed by atoms with Crippen molar-refractivity contribution in [3.05, 3.63) is 46.2 Å². The van der Waals surface area contributed by atoms with Gasteiger partial charge in [0.2, 0.25) is 0 Å². The van der Waals surface area contributed by atoms with Gasteiger partial charge in [0, 0.05) is 24.7 Å². The van der Waals surface area contributed by atoms with Crippen LogP contribution in [0, 0.1) is 13.8 Å². The van der Waals surface area contributed by atoms with Gasteiger partial charge in [-0.25, -0.2) is 4.68 Å². The highest BCUT2D eigenvalue weighted by molar-refractivity contribution is 6.31. The number of hydrogen-bond acceptors (Lipinski definition) is 3. The maximum atomic E-state index is 12.7. The Morgan fingerprint density at radius 2 is 2.00 bits per heavy atom. The van der Waals surface area contributed by atoms with Crippen molar-refractivity contribution in [1.29, 1.82) is 0 Å². The van der Waals surface area contributed by atoms with Gasteiger partial charge in [0.05, 0.1) is 22.1 Å². The average Bonchev–Trinajstić information content (AvgIpc) is 2.88. The molecule has 5 nitrogen and oxygen atoms in total. The summed E-state index contributed by atoms with van der Waals surface area (Å²) in [5, 5.41) is 8.40. The number of aromatic nitrogens is 2. The number of rotatable bonds is 3. The minimum atomic E-state index is 0.0906. The standard InChI is InChI=1S/C18H23ClN4O/c1-12-17(19)13(2)23(21-12)16-8-6-14(7-9-16)18(24)22-10-4-5-15(11-22)20-3/h6-9,15,20H,4-5,10-11H2,1-3H3. The Morgan fingerprint density at radius 1 is 1.29 bits per heavy atom. The molecular formula is C18H23ClN4O. The fourth-order valence-corrected chi connectivity index (χ4v) is 3.32. The zero-order valence-corrected chi connectivity index (χ0v) is 15.1. The summed E-state index contributed by atoms with van der Waals surface area (Å²) in [6.45, 7) is 5.42. The quantitative estimate of drug-likeness (QED) is 0.929. The highest BCUT2D eigenvalue weighted by atomic mass is 35.5. The van der Waals surface area contributed by atoms with E-state index in [0.29, 0.717) is 16.6 Å². The monoisotopic (exact) mass is 346 g/mol. The summed E-state index contributed by atoms with van der Waals surface area (Å²) in [6.07, 6.45) is 2.16. The molecule has 1 atom stereocenters. The Bertz CT molecular complexity index is 738.